The largest absolute Gasteiger partial charge is 0.412 e. The van der Waals surface area contributed by atoms with Crippen molar-refractivity contribution in [3.8, 4) is 0 Å². The molecular weight excluding hydrogens is 268 g/mol. The molecule has 0 spiro atoms. The van der Waals surface area contributed by atoms with Gasteiger partial charge in [0.25, 0.3) is 0 Å². The van der Waals surface area contributed by atoms with Gasteiger partial charge in [-0.3, -0.25) is 0 Å². The summed E-state index contributed by atoms with van der Waals surface area (Å²) in [6.07, 6.45) is 15.8. The van der Waals surface area contributed by atoms with E-state index in [1.807, 2.05) is 0 Å². The molecule has 0 amide bonds. The lowest BCUT2D eigenvalue weighted by molar-refractivity contribution is -0.0456. The molecule has 2 N–H and O–H groups in total. The smallest absolute Gasteiger partial charge is 0.0329 e. The van der Waals surface area contributed by atoms with Crippen molar-refractivity contribution in [2.45, 2.75) is 85.5 Å². The van der Waals surface area contributed by atoms with Crippen molar-refractivity contribution in [2.75, 3.05) is 0 Å². The maximum Gasteiger partial charge on any atom is -0.0329 e. The van der Waals surface area contributed by atoms with Crippen LogP contribution in [0.2, 0.25) is 0 Å². The first-order chi connectivity index (χ1) is 9.69. The average Bonchev–Trinajstić information content (AvgIpc) is 2.35. The molecule has 0 aromatic heterocycles. The molecule has 4 bridgehead atoms. The van der Waals surface area contributed by atoms with Gasteiger partial charge in [0.2, 0.25) is 0 Å². The van der Waals surface area contributed by atoms with E-state index in [9.17, 15) is 0 Å². The molecule has 0 atom stereocenters. The monoisotopic (exact) mass is 308 g/mol. The molecule has 22 heavy (non-hydrogen) atoms. The minimum absolute atomic E-state index is 0. The molecule has 0 unspecified atom stereocenters. The van der Waals surface area contributed by atoms with Crippen LogP contribution in [-0.2, 0) is 0 Å². The van der Waals surface area contributed by atoms with Crippen LogP contribution in [0, 0.1) is 47.3 Å². The third kappa shape index (κ3) is 3.40. The van der Waals surface area contributed by atoms with Gasteiger partial charge in [0, 0.05) is 0 Å². The van der Waals surface area contributed by atoms with E-state index in [-0.39, 0.29) is 12.9 Å². The highest BCUT2D eigenvalue weighted by molar-refractivity contribution is 4.98. The highest BCUT2D eigenvalue weighted by atomic mass is 16.0. The zero-order valence-corrected chi connectivity index (χ0v) is 14.2. The van der Waals surface area contributed by atoms with Crippen LogP contribution in [0.3, 0.4) is 0 Å². The number of hydrogen-bond donors (Lipinski definition) is 0. The Hall–Kier alpha value is -0.0400. The standard InChI is InChI=1S/C20H34.CH4.H2O/c1-13-3-5-17(6-4-13)20-18-9-15(10-18)7-14(2)8-16-11-19(20)12-16;;/h13-20H,3-12H2,1-2H3;1H4;1H2. The third-order valence-corrected chi connectivity index (χ3v) is 7.71. The van der Waals surface area contributed by atoms with Crippen molar-refractivity contribution in [1.29, 1.82) is 0 Å². The highest BCUT2D eigenvalue weighted by Gasteiger charge is 2.48. The summed E-state index contributed by atoms with van der Waals surface area (Å²) < 4.78 is 0. The minimum atomic E-state index is 0. The van der Waals surface area contributed by atoms with Crippen LogP contribution >= 0.6 is 0 Å². The summed E-state index contributed by atoms with van der Waals surface area (Å²) >= 11 is 0. The molecule has 0 aliphatic heterocycles. The molecule has 1 nitrogen and oxygen atoms in total. The van der Waals surface area contributed by atoms with Gasteiger partial charge in [0.1, 0.15) is 0 Å². The Morgan fingerprint density at radius 1 is 0.545 bits per heavy atom. The molecule has 0 aromatic rings. The van der Waals surface area contributed by atoms with E-state index in [1.165, 1.54) is 12.8 Å². The van der Waals surface area contributed by atoms with Crippen LogP contribution in [-0.4, -0.2) is 5.48 Å². The van der Waals surface area contributed by atoms with Gasteiger partial charge < -0.3 is 5.48 Å². The fourth-order valence-corrected chi connectivity index (χ4v) is 6.65. The van der Waals surface area contributed by atoms with Crippen LogP contribution in [0.4, 0.5) is 0 Å². The Bertz CT molecular complexity index is 310. The quantitative estimate of drug-likeness (QED) is 0.593. The Morgan fingerprint density at radius 2 is 1.00 bits per heavy atom. The number of hydrogen-bond acceptors (Lipinski definition) is 0. The van der Waals surface area contributed by atoms with Gasteiger partial charge in [0.15, 0.2) is 0 Å². The van der Waals surface area contributed by atoms with Gasteiger partial charge in [0.05, 0.1) is 0 Å². The highest BCUT2D eigenvalue weighted by Crippen LogP contribution is 2.57. The Morgan fingerprint density at radius 3 is 1.45 bits per heavy atom. The second-order valence-corrected chi connectivity index (χ2v) is 9.37. The normalized spacial score (nSPS) is 50.5. The Labute approximate surface area is 139 Å². The van der Waals surface area contributed by atoms with E-state index < -0.39 is 0 Å². The first-order valence-electron chi connectivity index (χ1n) is 9.69. The van der Waals surface area contributed by atoms with Gasteiger partial charge >= 0.3 is 0 Å². The van der Waals surface area contributed by atoms with Crippen LogP contribution in [0.5, 0.6) is 0 Å². The SMILES string of the molecule is C.CC1CCC(C2C3CC(CC(C)CC4CC2C4)C3)CC1.O. The molecule has 0 aromatic carbocycles. The maximum absolute atomic E-state index is 2.53. The first kappa shape index (κ1) is 18.3. The summed E-state index contributed by atoms with van der Waals surface area (Å²) in [4.78, 5) is 0. The Balaban J connectivity index is 0.000000882. The Kier molecular flexibility index (Phi) is 6.02. The molecule has 7 fully saturated rings. The first-order valence-corrected chi connectivity index (χ1v) is 9.69. The van der Waals surface area contributed by atoms with E-state index in [0.29, 0.717) is 0 Å². The predicted molar refractivity (Wildman–Crippen MR) is 95.8 cm³/mol. The zero-order valence-electron chi connectivity index (χ0n) is 14.2. The summed E-state index contributed by atoms with van der Waals surface area (Å²) in [5.74, 6) is 8.87. The predicted octanol–water partition coefficient (Wildman–Crippen LogP) is 5.72. The molecule has 7 saturated carbocycles. The van der Waals surface area contributed by atoms with Crippen molar-refractivity contribution < 1.29 is 5.48 Å². The van der Waals surface area contributed by atoms with Gasteiger partial charge in [-0.25, -0.2) is 0 Å². The van der Waals surface area contributed by atoms with Crippen molar-refractivity contribution in [1.82, 2.24) is 0 Å². The molecule has 130 valence electrons. The molecule has 0 saturated heterocycles. The summed E-state index contributed by atoms with van der Waals surface area (Å²) in [5, 5.41) is 0. The van der Waals surface area contributed by atoms with E-state index >= 15 is 0 Å². The fraction of sp³-hybridized carbons (Fsp3) is 1.00. The van der Waals surface area contributed by atoms with Crippen molar-refractivity contribution in [2.24, 2.45) is 47.3 Å². The molecule has 1 heteroatoms. The van der Waals surface area contributed by atoms with Crippen molar-refractivity contribution >= 4 is 0 Å². The third-order valence-electron chi connectivity index (χ3n) is 7.71. The van der Waals surface area contributed by atoms with Crippen molar-refractivity contribution in [3.63, 3.8) is 0 Å². The molecular formula is C21H40O. The average molecular weight is 309 g/mol. The van der Waals surface area contributed by atoms with Gasteiger partial charge in [-0.05, 0) is 98.7 Å². The van der Waals surface area contributed by atoms with E-state index in [0.717, 1.165) is 47.3 Å². The van der Waals surface area contributed by atoms with Crippen LogP contribution in [0.1, 0.15) is 85.5 Å². The summed E-state index contributed by atoms with van der Waals surface area (Å²) in [6, 6.07) is 0. The zero-order chi connectivity index (χ0) is 13.7. The lowest BCUT2D eigenvalue weighted by atomic mass is 9.51. The van der Waals surface area contributed by atoms with Gasteiger partial charge in [-0.1, -0.05) is 34.1 Å². The minimum Gasteiger partial charge on any atom is -0.412 e. The molecule has 7 aliphatic rings. The van der Waals surface area contributed by atoms with Crippen molar-refractivity contribution in [3.05, 3.63) is 0 Å². The van der Waals surface area contributed by atoms with E-state index in [1.54, 1.807) is 51.4 Å². The van der Waals surface area contributed by atoms with Gasteiger partial charge in [-0.15, -0.1) is 0 Å². The number of rotatable bonds is 1. The maximum atomic E-state index is 2.53. The molecule has 0 radical (unpaired) electrons. The van der Waals surface area contributed by atoms with Crippen LogP contribution < -0.4 is 0 Å². The van der Waals surface area contributed by atoms with E-state index in [2.05, 4.69) is 13.8 Å². The van der Waals surface area contributed by atoms with Gasteiger partial charge in [-0.2, -0.15) is 0 Å². The molecule has 0 heterocycles. The second kappa shape index (κ2) is 7.24. The summed E-state index contributed by atoms with van der Waals surface area (Å²) in [6.45, 7) is 5.01. The van der Waals surface area contributed by atoms with Crippen LogP contribution in [0.15, 0.2) is 0 Å². The summed E-state index contributed by atoms with van der Waals surface area (Å²) in [5.41, 5.74) is 0. The molecule has 7 rings (SSSR count). The molecule has 7 aliphatic carbocycles. The lowest BCUT2D eigenvalue weighted by Crippen LogP contribution is -2.45. The topological polar surface area (TPSA) is 31.5 Å². The lowest BCUT2D eigenvalue weighted by Gasteiger charge is -2.54. The van der Waals surface area contributed by atoms with E-state index in [4.69, 9.17) is 0 Å². The van der Waals surface area contributed by atoms with Crippen LogP contribution in [0.25, 0.3) is 0 Å². The summed E-state index contributed by atoms with van der Waals surface area (Å²) in [7, 11) is 0. The second-order valence-electron chi connectivity index (χ2n) is 9.37. The fourth-order valence-electron chi connectivity index (χ4n) is 6.65.